The molecule has 1 fully saturated rings. The minimum Gasteiger partial charge on any atom is -0.376 e. The van der Waals surface area contributed by atoms with Crippen LogP contribution < -0.4 is 10.6 Å². The van der Waals surface area contributed by atoms with E-state index in [0.29, 0.717) is 6.92 Å². The lowest BCUT2D eigenvalue weighted by atomic mass is 9.97. The van der Waals surface area contributed by atoms with Gasteiger partial charge in [0, 0.05) is 24.3 Å². The van der Waals surface area contributed by atoms with E-state index in [1.807, 2.05) is 0 Å². The van der Waals surface area contributed by atoms with E-state index >= 15 is 0 Å². The quantitative estimate of drug-likeness (QED) is 0.559. The Morgan fingerprint density at radius 3 is 2.73 bits per heavy atom. The zero-order valence-corrected chi connectivity index (χ0v) is 16.0. The lowest BCUT2D eigenvalue weighted by Crippen LogP contribution is -2.39. The van der Waals surface area contributed by atoms with E-state index < -0.39 is 23.2 Å². The third-order valence-electron chi connectivity index (χ3n) is 5.24. The number of aromatic nitrogens is 4. The fourth-order valence-electron chi connectivity index (χ4n) is 3.38. The molecule has 4 rings (SSSR count). The van der Waals surface area contributed by atoms with Crippen LogP contribution in [0.15, 0.2) is 30.7 Å². The molecule has 0 aromatic carbocycles. The lowest BCUT2D eigenvalue weighted by Gasteiger charge is -2.26. The molecule has 0 bridgehead atoms. The first-order valence-corrected chi connectivity index (χ1v) is 9.43. The molecule has 2 unspecified atom stereocenters. The highest BCUT2D eigenvalue weighted by Crippen LogP contribution is 2.38. The number of aliphatic hydroxyl groups is 1. The van der Waals surface area contributed by atoms with Crippen LogP contribution in [0, 0.1) is 5.82 Å². The zero-order valence-electron chi connectivity index (χ0n) is 16.0. The summed E-state index contributed by atoms with van der Waals surface area (Å²) in [6.07, 6.45) is 0.432. The maximum atomic E-state index is 14.5. The summed E-state index contributed by atoms with van der Waals surface area (Å²) in [6.45, 7) is 2.32. The summed E-state index contributed by atoms with van der Waals surface area (Å²) in [7, 11) is 0. The van der Waals surface area contributed by atoms with Crippen LogP contribution in [0.25, 0.3) is 17.0 Å². The van der Waals surface area contributed by atoms with Gasteiger partial charge in [-0.3, -0.25) is 4.40 Å². The number of hydrogen-bond acceptors (Lipinski definition) is 6. The number of anilines is 1. The molecular formula is C19H20F4N6O. The molecule has 1 aliphatic rings. The number of pyridine rings is 1. The van der Waals surface area contributed by atoms with Gasteiger partial charge in [-0.2, -0.15) is 13.2 Å². The fourth-order valence-corrected chi connectivity index (χ4v) is 3.38. The smallest absolute Gasteiger partial charge is 0.376 e. The molecule has 1 saturated heterocycles. The van der Waals surface area contributed by atoms with Crippen molar-refractivity contribution in [1.29, 1.82) is 0 Å². The van der Waals surface area contributed by atoms with Crippen LogP contribution in [0.2, 0.25) is 0 Å². The number of nitrogens with one attached hydrogen (secondary N) is 2. The number of halogens is 4. The predicted molar refractivity (Wildman–Crippen MR) is 101 cm³/mol. The number of nitrogens with zero attached hydrogens (tertiary/aromatic N) is 4. The molecule has 30 heavy (non-hydrogen) atoms. The van der Waals surface area contributed by atoms with Crippen LogP contribution in [0.3, 0.4) is 0 Å². The average molecular weight is 424 g/mol. The first kappa shape index (κ1) is 20.5. The largest absolute Gasteiger partial charge is 0.421 e. The Morgan fingerprint density at radius 1 is 1.23 bits per heavy atom. The summed E-state index contributed by atoms with van der Waals surface area (Å²) in [5, 5.41) is 16.4. The van der Waals surface area contributed by atoms with Crippen molar-refractivity contribution >= 4 is 11.6 Å². The van der Waals surface area contributed by atoms with Gasteiger partial charge in [0.05, 0.1) is 18.1 Å². The number of alkyl halides is 3. The summed E-state index contributed by atoms with van der Waals surface area (Å²) in [4.78, 5) is 12.3. The Morgan fingerprint density at radius 2 is 2.03 bits per heavy atom. The molecule has 0 amide bonds. The second kappa shape index (κ2) is 7.47. The molecular weight excluding hydrogens is 404 g/mol. The molecule has 7 nitrogen and oxygen atoms in total. The van der Waals surface area contributed by atoms with Crippen molar-refractivity contribution in [2.45, 2.75) is 37.6 Å². The summed E-state index contributed by atoms with van der Waals surface area (Å²) in [5.41, 5.74) is -3.14. The third-order valence-corrected chi connectivity index (χ3v) is 5.24. The summed E-state index contributed by atoms with van der Waals surface area (Å²) >= 11 is 0. The van der Waals surface area contributed by atoms with E-state index in [1.165, 1.54) is 16.7 Å². The van der Waals surface area contributed by atoms with Crippen molar-refractivity contribution in [3.8, 4) is 11.4 Å². The standard InChI is InChI=1S/C19H20F4N6O/c1-18(30,19(21,22)23)11-4-5-15-25-9-14(29(15)10-11)16-13(20)8-26-17(28-16)27-12-3-2-6-24-7-12/h4-5,8-10,12,24,30H,2-3,6-7H2,1H3,(H,26,27,28). The van der Waals surface area contributed by atoms with Crippen LogP contribution >= 0.6 is 0 Å². The summed E-state index contributed by atoms with van der Waals surface area (Å²) in [5.74, 6) is -0.523. The van der Waals surface area contributed by atoms with Crippen molar-refractivity contribution in [3.63, 3.8) is 0 Å². The van der Waals surface area contributed by atoms with E-state index in [9.17, 15) is 22.7 Å². The van der Waals surface area contributed by atoms with E-state index in [1.54, 1.807) is 0 Å². The molecule has 2 atom stereocenters. The molecule has 0 aliphatic carbocycles. The molecule has 11 heteroatoms. The molecule has 4 heterocycles. The Kier molecular flexibility index (Phi) is 5.10. The van der Waals surface area contributed by atoms with E-state index in [-0.39, 0.29) is 29.0 Å². The van der Waals surface area contributed by atoms with E-state index in [0.717, 1.165) is 44.4 Å². The van der Waals surface area contributed by atoms with E-state index in [2.05, 4.69) is 25.6 Å². The molecule has 3 aromatic heterocycles. The average Bonchev–Trinajstić information content (AvgIpc) is 3.12. The molecule has 0 radical (unpaired) electrons. The van der Waals surface area contributed by atoms with Crippen LogP contribution in [0.5, 0.6) is 0 Å². The van der Waals surface area contributed by atoms with Gasteiger partial charge in [0.15, 0.2) is 11.4 Å². The molecule has 3 aromatic rings. The number of piperidine rings is 1. The first-order chi connectivity index (χ1) is 14.2. The molecule has 1 aliphatic heterocycles. The van der Waals surface area contributed by atoms with Gasteiger partial charge in [0.2, 0.25) is 5.95 Å². The Labute approximate surface area is 169 Å². The van der Waals surface area contributed by atoms with Crippen molar-refractivity contribution in [1.82, 2.24) is 24.7 Å². The van der Waals surface area contributed by atoms with Gasteiger partial charge in [-0.1, -0.05) is 6.07 Å². The maximum Gasteiger partial charge on any atom is 0.421 e. The third kappa shape index (κ3) is 3.70. The predicted octanol–water partition coefficient (Wildman–Crippen LogP) is 2.86. The van der Waals surface area contributed by atoms with Crippen LogP contribution in [-0.2, 0) is 5.60 Å². The van der Waals surface area contributed by atoms with E-state index in [4.69, 9.17) is 0 Å². The Balaban J connectivity index is 1.74. The van der Waals surface area contributed by atoms with Crippen LogP contribution in [0.1, 0.15) is 25.3 Å². The van der Waals surface area contributed by atoms with Gasteiger partial charge in [-0.05, 0) is 32.4 Å². The number of rotatable bonds is 4. The SMILES string of the molecule is CC(O)(c1ccc2ncc(-c3nc(NC4CCCNC4)ncc3F)n2c1)C(F)(F)F. The van der Waals surface area contributed by atoms with Gasteiger partial charge in [0.25, 0.3) is 0 Å². The fraction of sp³-hybridized carbons (Fsp3) is 0.421. The van der Waals surface area contributed by atoms with Gasteiger partial charge < -0.3 is 15.7 Å². The normalized spacial score (nSPS) is 19.6. The monoisotopic (exact) mass is 424 g/mol. The van der Waals surface area contributed by atoms with Gasteiger partial charge in [-0.15, -0.1) is 0 Å². The Hall–Kier alpha value is -2.79. The molecule has 3 N–H and O–H groups in total. The van der Waals surface area contributed by atoms with Crippen molar-refractivity contribution in [3.05, 3.63) is 42.1 Å². The second-order valence-corrected chi connectivity index (χ2v) is 7.44. The highest BCUT2D eigenvalue weighted by Gasteiger charge is 2.51. The van der Waals surface area contributed by atoms with Crippen LogP contribution in [0.4, 0.5) is 23.5 Å². The van der Waals surface area contributed by atoms with Crippen molar-refractivity contribution in [2.24, 2.45) is 0 Å². The van der Waals surface area contributed by atoms with Crippen LogP contribution in [-0.4, -0.2) is 49.8 Å². The minimum atomic E-state index is -4.88. The number of imidazole rings is 1. The van der Waals surface area contributed by atoms with Gasteiger partial charge >= 0.3 is 6.18 Å². The molecule has 0 spiro atoms. The second-order valence-electron chi connectivity index (χ2n) is 7.44. The van der Waals surface area contributed by atoms with Crippen molar-refractivity contribution in [2.75, 3.05) is 18.4 Å². The van der Waals surface area contributed by atoms with Gasteiger partial charge in [0.1, 0.15) is 11.3 Å². The highest BCUT2D eigenvalue weighted by molar-refractivity contribution is 5.62. The lowest BCUT2D eigenvalue weighted by molar-refractivity contribution is -0.259. The minimum absolute atomic E-state index is 0.0905. The first-order valence-electron chi connectivity index (χ1n) is 9.43. The highest BCUT2D eigenvalue weighted by atomic mass is 19.4. The zero-order chi connectivity index (χ0) is 21.5. The molecule has 0 saturated carbocycles. The molecule has 160 valence electrons. The van der Waals surface area contributed by atoms with Crippen molar-refractivity contribution < 1.29 is 22.7 Å². The summed E-state index contributed by atoms with van der Waals surface area (Å²) < 4.78 is 55.5. The summed E-state index contributed by atoms with van der Waals surface area (Å²) in [6, 6.07) is 2.55. The number of fused-ring (bicyclic) bond motifs is 1. The number of hydrogen-bond donors (Lipinski definition) is 3. The Bertz CT molecular complexity index is 1060. The van der Waals surface area contributed by atoms with Gasteiger partial charge in [-0.25, -0.2) is 19.3 Å². The topological polar surface area (TPSA) is 87.4 Å². The maximum absolute atomic E-state index is 14.5.